The van der Waals surface area contributed by atoms with Crippen molar-refractivity contribution in [3.63, 3.8) is 0 Å². The highest BCUT2D eigenvalue weighted by Gasteiger charge is 2.41. The molecule has 0 radical (unpaired) electrons. The van der Waals surface area contributed by atoms with Gasteiger partial charge in [-0.1, -0.05) is 44.2 Å². The maximum Gasteiger partial charge on any atom is 0.336 e. The Morgan fingerprint density at radius 3 is 2.52 bits per heavy atom. The number of benzene rings is 2. The fourth-order valence-corrected chi connectivity index (χ4v) is 4.08. The lowest BCUT2D eigenvalue weighted by Crippen LogP contribution is -2.39. The summed E-state index contributed by atoms with van der Waals surface area (Å²) in [5.41, 5.74) is 0.216. The molecule has 162 valence electrons. The summed E-state index contributed by atoms with van der Waals surface area (Å²) >= 11 is 0. The summed E-state index contributed by atoms with van der Waals surface area (Å²) in [6.45, 7) is 7.08. The van der Waals surface area contributed by atoms with Gasteiger partial charge in [-0.2, -0.15) is 0 Å². The van der Waals surface area contributed by atoms with Crippen LogP contribution in [0.1, 0.15) is 50.0 Å². The average molecular weight is 422 g/mol. The molecule has 2 heterocycles. The zero-order valence-electron chi connectivity index (χ0n) is 18.1. The Labute approximate surface area is 180 Å². The molecule has 3 aromatic rings. The summed E-state index contributed by atoms with van der Waals surface area (Å²) in [6.07, 6.45) is -0.179. The van der Waals surface area contributed by atoms with Crippen LogP contribution in [0, 0.1) is 5.92 Å². The van der Waals surface area contributed by atoms with E-state index >= 15 is 0 Å². The molecule has 0 aliphatic carbocycles. The zero-order chi connectivity index (χ0) is 22.5. The van der Waals surface area contributed by atoms with Crippen LogP contribution in [-0.4, -0.2) is 27.7 Å². The SMILES string of the molecule is CC(C)CC(=O)c1c2c(c3oc(=O)cc(-c4ccccc4)c3c1O)C[C@H](C(C)(C)O)O2. The molecule has 6 heteroatoms. The molecule has 1 aromatic heterocycles. The first-order chi connectivity index (χ1) is 14.6. The highest BCUT2D eigenvalue weighted by molar-refractivity contribution is 6.11. The lowest BCUT2D eigenvalue weighted by molar-refractivity contribution is -0.0232. The number of rotatable bonds is 5. The third-order valence-electron chi connectivity index (χ3n) is 5.60. The fraction of sp³-hybridized carbons (Fsp3) is 0.360. The first-order valence-corrected chi connectivity index (χ1v) is 10.4. The Bertz CT molecular complexity index is 1210. The molecule has 0 spiro atoms. The van der Waals surface area contributed by atoms with Crippen LogP contribution in [0.25, 0.3) is 22.1 Å². The first kappa shape index (κ1) is 21.1. The summed E-state index contributed by atoms with van der Waals surface area (Å²) in [5.74, 6) is -0.256. The van der Waals surface area contributed by atoms with E-state index in [1.54, 1.807) is 13.8 Å². The van der Waals surface area contributed by atoms with Crippen molar-refractivity contribution in [3.8, 4) is 22.6 Å². The van der Waals surface area contributed by atoms with Gasteiger partial charge in [-0.15, -0.1) is 0 Å². The molecule has 4 rings (SSSR count). The summed E-state index contributed by atoms with van der Waals surface area (Å²) in [7, 11) is 0. The van der Waals surface area contributed by atoms with E-state index in [2.05, 4.69) is 0 Å². The first-order valence-electron chi connectivity index (χ1n) is 10.4. The minimum absolute atomic E-state index is 0.0760. The van der Waals surface area contributed by atoms with Crippen molar-refractivity contribution < 1.29 is 24.2 Å². The van der Waals surface area contributed by atoms with Gasteiger partial charge in [-0.25, -0.2) is 4.79 Å². The molecular formula is C25H26O6. The molecule has 1 atom stereocenters. The van der Waals surface area contributed by atoms with Gasteiger partial charge >= 0.3 is 5.63 Å². The second kappa shape index (κ2) is 7.54. The summed E-state index contributed by atoms with van der Waals surface area (Å²) < 4.78 is 11.5. The van der Waals surface area contributed by atoms with E-state index in [1.165, 1.54) is 6.07 Å². The Morgan fingerprint density at radius 2 is 1.90 bits per heavy atom. The smallest absolute Gasteiger partial charge is 0.336 e. The van der Waals surface area contributed by atoms with Gasteiger partial charge < -0.3 is 19.4 Å². The Hall–Kier alpha value is -3.12. The van der Waals surface area contributed by atoms with Gasteiger partial charge in [0.25, 0.3) is 0 Å². The lowest BCUT2D eigenvalue weighted by Gasteiger charge is -2.25. The fourth-order valence-electron chi connectivity index (χ4n) is 4.08. The van der Waals surface area contributed by atoms with Gasteiger partial charge in [0.2, 0.25) is 0 Å². The van der Waals surface area contributed by atoms with Crippen LogP contribution in [0.5, 0.6) is 11.5 Å². The van der Waals surface area contributed by atoms with E-state index in [9.17, 15) is 19.8 Å². The minimum atomic E-state index is -1.20. The van der Waals surface area contributed by atoms with Crippen LogP contribution in [0.3, 0.4) is 0 Å². The molecule has 1 aliphatic heterocycles. The number of aliphatic hydroxyl groups is 1. The molecule has 6 nitrogen and oxygen atoms in total. The van der Waals surface area contributed by atoms with Gasteiger partial charge in [-0.3, -0.25) is 4.79 Å². The van der Waals surface area contributed by atoms with Crippen molar-refractivity contribution in [1.29, 1.82) is 0 Å². The number of phenols is 1. The van der Waals surface area contributed by atoms with Gasteiger partial charge in [0.15, 0.2) is 5.78 Å². The van der Waals surface area contributed by atoms with Crippen molar-refractivity contribution in [1.82, 2.24) is 0 Å². The van der Waals surface area contributed by atoms with Gasteiger partial charge in [0.05, 0.1) is 11.0 Å². The predicted molar refractivity (Wildman–Crippen MR) is 118 cm³/mol. The number of fused-ring (bicyclic) bond motifs is 3. The number of hydrogen-bond donors (Lipinski definition) is 2. The molecule has 0 unspecified atom stereocenters. The van der Waals surface area contributed by atoms with Crippen molar-refractivity contribution in [2.24, 2.45) is 5.92 Å². The van der Waals surface area contributed by atoms with Gasteiger partial charge in [-0.05, 0) is 25.3 Å². The normalized spacial score (nSPS) is 15.9. The van der Waals surface area contributed by atoms with Crippen LogP contribution >= 0.6 is 0 Å². The molecule has 2 aromatic carbocycles. The van der Waals surface area contributed by atoms with Crippen LogP contribution in [0.2, 0.25) is 0 Å². The van der Waals surface area contributed by atoms with Crippen LogP contribution in [-0.2, 0) is 6.42 Å². The monoisotopic (exact) mass is 422 g/mol. The molecule has 2 N–H and O–H groups in total. The van der Waals surface area contributed by atoms with Gasteiger partial charge in [0, 0.05) is 30.0 Å². The summed E-state index contributed by atoms with van der Waals surface area (Å²) in [4.78, 5) is 25.6. The third-order valence-corrected chi connectivity index (χ3v) is 5.60. The Morgan fingerprint density at radius 1 is 1.23 bits per heavy atom. The maximum atomic E-state index is 13.2. The molecule has 0 bridgehead atoms. The summed E-state index contributed by atoms with van der Waals surface area (Å²) in [6, 6.07) is 10.5. The number of Topliss-reactive ketones (excluding diaryl/α,β-unsaturated/α-hetero) is 1. The Kier molecular flexibility index (Phi) is 5.13. The summed E-state index contributed by atoms with van der Waals surface area (Å²) in [5, 5.41) is 22.1. The molecule has 0 saturated heterocycles. The number of hydrogen-bond acceptors (Lipinski definition) is 6. The standard InChI is InChI=1S/C25H26O6/c1-13(2)10-17(26)21-22(28)20-15(14-8-6-5-7-9-14)12-19(27)31-23(20)16-11-18(25(3,4)29)30-24(16)21/h5-9,12-13,18,28-29H,10-11H2,1-4H3/t18-/m1/s1. The number of ketones is 1. The number of carbonyl (C=O) groups excluding carboxylic acids is 1. The second-order valence-electron chi connectivity index (χ2n) is 9.07. The largest absolute Gasteiger partial charge is 0.506 e. The number of aromatic hydroxyl groups is 1. The lowest BCUT2D eigenvalue weighted by atomic mass is 9.90. The number of phenolic OH excluding ortho intramolecular Hbond substituents is 1. The Balaban J connectivity index is 2.08. The molecule has 31 heavy (non-hydrogen) atoms. The second-order valence-corrected chi connectivity index (χ2v) is 9.07. The van der Waals surface area contributed by atoms with Crippen LogP contribution in [0.4, 0.5) is 0 Å². The van der Waals surface area contributed by atoms with Crippen LogP contribution in [0.15, 0.2) is 45.6 Å². The maximum absolute atomic E-state index is 13.2. The average Bonchev–Trinajstić information content (AvgIpc) is 3.13. The zero-order valence-corrected chi connectivity index (χ0v) is 18.1. The third kappa shape index (κ3) is 3.72. The molecule has 0 amide bonds. The molecule has 0 fully saturated rings. The van der Waals surface area contributed by atoms with E-state index < -0.39 is 17.3 Å². The number of carbonyl (C=O) groups is 1. The van der Waals surface area contributed by atoms with Crippen molar-refractivity contribution in [3.05, 3.63) is 57.9 Å². The van der Waals surface area contributed by atoms with Crippen molar-refractivity contribution >= 4 is 16.8 Å². The number of ether oxygens (including phenoxy) is 1. The van der Waals surface area contributed by atoms with Crippen molar-refractivity contribution in [2.45, 2.75) is 52.2 Å². The van der Waals surface area contributed by atoms with E-state index in [1.807, 2.05) is 44.2 Å². The highest BCUT2D eigenvalue weighted by Crippen LogP contribution is 2.48. The highest BCUT2D eigenvalue weighted by atomic mass is 16.5. The minimum Gasteiger partial charge on any atom is -0.506 e. The van der Waals surface area contributed by atoms with Crippen molar-refractivity contribution in [2.75, 3.05) is 0 Å². The molecular weight excluding hydrogens is 396 g/mol. The quantitative estimate of drug-likeness (QED) is 0.465. The predicted octanol–water partition coefficient (Wildman–Crippen LogP) is 4.47. The van der Waals surface area contributed by atoms with E-state index in [0.29, 0.717) is 16.5 Å². The molecule has 1 aliphatic rings. The van der Waals surface area contributed by atoms with E-state index in [4.69, 9.17) is 9.15 Å². The van der Waals surface area contributed by atoms with E-state index in [0.717, 1.165) is 5.56 Å². The van der Waals surface area contributed by atoms with E-state index in [-0.39, 0.29) is 47.2 Å². The van der Waals surface area contributed by atoms with Gasteiger partial charge in [0.1, 0.15) is 28.7 Å². The topological polar surface area (TPSA) is 97.0 Å². The molecule has 0 saturated carbocycles. The van der Waals surface area contributed by atoms with Crippen LogP contribution < -0.4 is 10.4 Å².